The van der Waals surface area contributed by atoms with Crippen LogP contribution in [0.1, 0.15) is 51.4 Å². The molecular formula is C13H25NO. The maximum atomic E-state index is 9.15. The highest BCUT2D eigenvalue weighted by atomic mass is 16.3. The molecule has 0 saturated heterocycles. The molecule has 0 aromatic carbocycles. The van der Waals surface area contributed by atoms with Gasteiger partial charge in [-0.05, 0) is 44.2 Å². The maximum Gasteiger partial charge on any atom is 0.0546 e. The van der Waals surface area contributed by atoms with Crippen LogP contribution in [-0.2, 0) is 0 Å². The summed E-state index contributed by atoms with van der Waals surface area (Å²) in [6, 6.07) is 0. The molecule has 0 aromatic rings. The predicted molar refractivity (Wildman–Crippen MR) is 62.8 cm³/mol. The van der Waals surface area contributed by atoms with Crippen molar-refractivity contribution in [2.24, 2.45) is 11.8 Å². The van der Waals surface area contributed by atoms with Crippen molar-refractivity contribution in [1.82, 2.24) is 5.32 Å². The number of aliphatic hydroxyl groups is 1. The molecule has 0 heterocycles. The molecule has 0 radical (unpaired) electrons. The molecule has 0 unspecified atom stereocenters. The highest BCUT2D eigenvalue weighted by Gasteiger charge is 2.26. The molecule has 2 N–H and O–H groups in total. The summed E-state index contributed by atoms with van der Waals surface area (Å²) in [4.78, 5) is 0. The first-order valence-electron chi connectivity index (χ1n) is 6.73. The molecule has 0 amide bonds. The topological polar surface area (TPSA) is 32.3 Å². The van der Waals surface area contributed by atoms with Gasteiger partial charge in [-0.2, -0.15) is 0 Å². The molecule has 0 spiro atoms. The fraction of sp³-hybridized carbons (Fsp3) is 1.00. The summed E-state index contributed by atoms with van der Waals surface area (Å²) in [6.07, 6.45) is 10.7. The molecule has 2 fully saturated rings. The van der Waals surface area contributed by atoms with Crippen LogP contribution in [0.3, 0.4) is 0 Å². The van der Waals surface area contributed by atoms with Gasteiger partial charge in [0.15, 0.2) is 0 Å². The number of hydrogen-bond acceptors (Lipinski definition) is 2. The number of hydrogen-bond donors (Lipinski definition) is 2. The lowest BCUT2D eigenvalue weighted by molar-refractivity contribution is 0.0430. The normalized spacial score (nSPS) is 32.6. The summed E-state index contributed by atoms with van der Waals surface area (Å²) >= 11 is 0. The SMILES string of the molecule is OC1CC(CNCCC2CCCCC2)C1. The van der Waals surface area contributed by atoms with Gasteiger partial charge in [-0.25, -0.2) is 0 Å². The molecule has 0 bridgehead atoms. The smallest absolute Gasteiger partial charge is 0.0546 e. The first-order chi connectivity index (χ1) is 7.34. The van der Waals surface area contributed by atoms with Crippen LogP contribution in [0, 0.1) is 11.8 Å². The van der Waals surface area contributed by atoms with E-state index in [2.05, 4.69) is 5.32 Å². The lowest BCUT2D eigenvalue weighted by Gasteiger charge is -2.31. The summed E-state index contributed by atoms with van der Waals surface area (Å²) in [5.74, 6) is 1.75. The molecule has 2 heteroatoms. The minimum atomic E-state index is 0.00939. The van der Waals surface area contributed by atoms with Crippen LogP contribution < -0.4 is 5.32 Å². The van der Waals surface area contributed by atoms with Gasteiger partial charge in [-0.15, -0.1) is 0 Å². The van der Waals surface area contributed by atoms with Crippen LogP contribution in [0.4, 0.5) is 0 Å². The molecule has 2 rings (SSSR count). The predicted octanol–water partition coefficient (Wildman–Crippen LogP) is 2.32. The van der Waals surface area contributed by atoms with E-state index in [9.17, 15) is 0 Å². The molecule has 2 aliphatic carbocycles. The van der Waals surface area contributed by atoms with Crippen molar-refractivity contribution >= 4 is 0 Å². The minimum absolute atomic E-state index is 0.00939. The lowest BCUT2D eigenvalue weighted by Crippen LogP contribution is -2.36. The molecule has 2 nitrogen and oxygen atoms in total. The minimum Gasteiger partial charge on any atom is -0.393 e. The zero-order valence-electron chi connectivity index (χ0n) is 9.75. The Balaban J connectivity index is 1.44. The monoisotopic (exact) mass is 211 g/mol. The molecule has 2 saturated carbocycles. The Morgan fingerprint density at radius 3 is 2.40 bits per heavy atom. The molecule has 15 heavy (non-hydrogen) atoms. The van der Waals surface area contributed by atoms with Crippen molar-refractivity contribution in [3.05, 3.63) is 0 Å². The van der Waals surface area contributed by atoms with E-state index in [1.807, 2.05) is 0 Å². The van der Waals surface area contributed by atoms with Crippen molar-refractivity contribution in [1.29, 1.82) is 0 Å². The Hall–Kier alpha value is -0.0800. The van der Waals surface area contributed by atoms with E-state index >= 15 is 0 Å². The van der Waals surface area contributed by atoms with Crippen LogP contribution in [0.25, 0.3) is 0 Å². The van der Waals surface area contributed by atoms with Gasteiger partial charge in [0.2, 0.25) is 0 Å². The van der Waals surface area contributed by atoms with Crippen LogP contribution >= 0.6 is 0 Å². The van der Waals surface area contributed by atoms with Crippen LogP contribution in [0.2, 0.25) is 0 Å². The Morgan fingerprint density at radius 2 is 1.73 bits per heavy atom. The second-order valence-corrected chi connectivity index (χ2v) is 5.49. The molecule has 0 aromatic heterocycles. The Kier molecular flexibility index (Phi) is 4.45. The Morgan fingerprint density at radius 1 is 1.00 bits per heavy atom. The van der Waals surface area contributed by atoms with E-state index in [4.69, 9.17) is 5.11 Å². The fourth-order valence-corrected chi connectivity index (χ4v) is 2.96. The highest BCUT2D eigenvalue weighted by Crippen LogP contribution is 2.27. The van der Waals surface area contributed by atoms with Crippen LogP contribution in [0.15, 0.2) is 0 Å². The number of aliphatic hydroxyl groups excluding tert-OH is 1. The average Bonchev–Trinajstić information content (AvgIpc) is 2.23. The summed E-state index contributed by atoms with van der Waals surface area (Å²) in [5, 5.41) is 12.7. The van der Waals surface area contributed by atoms with Gasteiger partial charge < -0.3 is 10.4 Å². The van der Waals surface area contributed by atoms with Gasteiger partial charge in [0.25, 0.3) is 0 Å². The van der Waals surface area contributed by atoms with E-state index in [0.717, 1.165) is 31.2 Å². The molecular weight excluding hydrogens is 186 g/mol. The summed E-state index contributed by atoms with van der Waals surface area (Å²) in [6.45, 7) is 2.32. The molecule has 0 aliphatic heterocycles. The van der Waals surface area contributed by atoms with Crippen LogP contribution in [0.5, 0.6) is 0 Å². The van der Waals surface area contributed by atoms with E-state index in [1.54, 1.807) is 0 Å². The third kappa shape index (κ3) is 3.76. The zero-order valence-corrected chi connectivity index (χ0v) is 9.75. The van der Waals surface area contributed by atoms with Gasteiger partial charge in [-0.3, -0.25) is 0 Å². The van der Waals surface area contributed by atoms with Gasteiger partial charge in [0.05, 0.1) is 6.10 Å². The van der Waals surface area contributed by atoms with Crippen molar-refractivity contribution in [2.75, 3.05) is 13.1 Å². The summed E-state index contributed by atoms with van der Waals surface area (Å²) in [7, 11) is 0. The highest BCUT2D eigenvalue weighted by molar-refractivity contribution is 4.80. The number of rotatable bonds is 5. The largest absolute Gasteiger partial charge is 0.393 e. The van der Waals surface area contributed by atoms with Gasteiger partial charge in [0.1, 0.15) is 0 Å². The molecule has 88 valence electrons. The van der Waals surface area contributed by atoms with E-state index in [1.165, 1.54) is 45.1 Å². The zero-order chi connectivity index (χ0) is 10.5. The van der Waals surface area contributed by atoms with E-state index < -0.39 is 0 Å². The first-order valence-corrected chi connectivity index (χ1v) is 6.73. The second kappa shape index (κ2) is 5.86. The first kappa shape index (κ1) is 11.4. The van der Waals surface area contributed by atoms with Gasteiger partial charge >= 0.3 is 0 Å². The van der Waals surface area contributed by atoms with Crippen molar-refractivity contribution in [3.63, 3.8) is 0 Å². The second-order valence-electron chi connectivity index (χ2n) is 5.49. The van der Waals surface area contributed by atoms with Gasteiger partial charge in [-0.1, -0.05) is 32.1 Å². The quantitative estimate of drug-likeness (QED) is 0.684. The maximum absolute atomic E-state index is 9.15. The van der Waals surface area contributed by atoms with Crippen LogP contribution in [-0.4, -0.2) is 24.3 Å². The summed E-state index contributed by atoms with van der Waals surface area (Å²) in [5.41, 5.74) is 0. The van der Waals surface area contributed by atoms with Gasteiger partial charge in [0, 0.05) is 0 Å². The molecule has 0 atom stereocenters. The molecule has 2 aliphatic rings. The Labute approximate surface area is 93.5 Å². The summed E-state index contributed by atoms with van der Waals surface area (Å²) < 4.78 is 0. The van der Waals surface area contributed by atoms with Crippen molar-refractivity contribution < 1.29 is 5.11 Å². The third-order valence-corrected chi connectivity index (χ3v) is 4.10. The Bertz CT molecular complexity index is 171. The number of nitrogens with one attached hydrogen (secondary N) is 1. The fourth-order valence-electron chi connectivity index (χ4n) is 2.96. The van der Waals surface area contributed by atoms with Crippen molar-refractivity contribution in [2.45, 2.75) is 57.5 Å². The van der Waals surface area contributed by atoms with Crippen molar-refractivity contribution in [3.8, 4) is 0 Å². The van der Waals surface area contributed by atoms with E-state index in [0.29, 0.717) is 0 Å². The van der Waals surface area contributed by atoms with E-state index in [-0.39, 0.29) is 6.10 Å². The lowest BCUT2D eigenvalue weighted by atomic mass is 9.82. The average molecular weight is 211 g/mol. The third-order valence-electron chi connectivity index (χ3n) is 4.10. The standard InChI is InChI=1S/C13H25NO/c15-13-8-12(9-13)10-14-7-6-11-4-2-1-3-5-11/h11-15H,1-10H2.